The van der Waals surface area contributed by atoms with Gasteiger partial charge in [-0.05, 0) is 60.8 Å². The van der Waals surface area contributed by atoms with Gasteiger partial charge in [0.25, 0.3) is 0 Å². The molecule has 4 aromatic rings. The van der Waals surface area contributed by atoms with Crippen molar-refractivity contribution in [3.63, 3.8) is 0 Å². The van der Waals surface area contributed by atoms with E-state index in [0.717, 1.165) is 30.2 Å². The van der Waals surface area contributed by atoms with Crippen molar-refractivity contribution in [1.82, 2.24) is 20.3 Å². The van der Waals surface area contributed by atoms with Gasteiger partial charge in [-0.15, -0.1) is 11.3 Å². The van der Waals surface area contributed by atoms with Gasteiger partial charge in [0, 0.05) is 29.4 Å². The lowest BCUT2D eigenvalue weighted by Gasteiger charge is -2.18. The Kier molecular flexibility index (Phi) is 7.89. The minimum absolute atomic E-state index is 0.0926. The van der Waals surface area contributed by atoms with Gasteiger partial charge in [0.2, 0.25) is 16.0 Å². The second kappa shape index (κ2) is 11.2. The third-order valence-corrected chi connectivity index (χ3v) is 9.48. The maximum absolute atomic E-state index is 15.8. The van der Waals surface area contributed by atoms with Crippen molar-refractivity contribution in [3.05, 3.63) is 70.6 Å². The van der Waals surface area contributed by atoms with Crippen molar-refractivity contribution >= 4 is 38.7 Å². The first kappa shape index (κ1) is 28.1. The third kappa shape index (κ3) is 6.16. The summed E-state index contributed by atoms with van der Waals surface area (Å²) in [5.74, 6) is -0.348. The van der Waals surface area contributed by atoms with Gasteiger partial charge >= 0.3 is 0 Å². The average Bonchev–Trinajstić information content (AvgIpc) is 3.36. The summed E-state index contributed by atoms with van der Waals surface area (Å²) in [6.07, 6.45) is 3.05. The van der Waals surface area contributed by atoms with Crippen LogP contribution in [-0.2, 0) is 28.4 Å². The summed E-state index contributed by atoms with van der Waals surface area (Å²) in [6.45, 7) is 9.71. The highest BCUT2D eigenvalue weighted by Crippen LogP contribution is 2.42. The molecule has 0 radical (unpaired) electrons. The second-order valence-electron chi connectivity index (χ2n) is 10.8. The Labute approximate surface area is 238 Å². The highest BCUT2D eigenvalue weighted by molar-refractivity contribution is 7.92. The van der Waals surface area contributed by atoms with Gasteiger partial charge < -0.3 is 10.6 Å². The molecule has 0 aliphatic carbocycles. The fourth-order valence-electron chi connectivity index (χ4n) is 4.51. The SMILES string of the molecule is CCCS(=O)(=O)Nc1cccc(-c2nc(C(C)(C)C)sc2-c2ccnc(Nc3ccc4c(c3)CCNC4)n2)c1F. The van der Waals surface area contributed by atoms with Gasteiger partial charge in [0.05, 0.1) is 32.7 Å². The minimum atomic E-state index is -3.67. The van der Waals surface area contributed by atoms with Crippen molar-refractivity contribution in [3.8, 4) is 21.8 Å². The molecule has 0 saturated heterocycles. The van der Waals surface area contributed by atoms with Crippen LogP contribution in [0.1, 0.15) is 50.3 Å². The number of hydrogen-bond acceptors (Lipinski definition) is 8. The van der Waals surface area contributed by atoms with Crippen molar-refractivity contribution in [2.24, 2.45) is 0 Å². The molecule has 0 fully saturated rings. The Morgan fingerprint density at radius 1 is 1.10 bits per heavy atom. The second-order valence-corrected chi connectivity index (χ2v) is 13.7. The van der Waals surface area contributed by atoms with Crippen LogP contribution in [0.5, 0.6) is 0 Å². The third-order valence-electron chi connectivity index (χ3n) is 6.50. The number of sulfonamides is 1. The lowest BCUT2D eigenvalue weighted by molar-refractivity contribution is 0.585. The van der Waals surface area contributed by atoms with Crippen molar-refractivity contribution in [2.75, 3.05) is 22.3 Å². The van der Waals surface area contributed by atoms with Gasteiger partial charge in [0.15, 0.2) is 5.82 Å². The molecule has 5 rings (SSSR count). The summed E-state index contributed by atoms with van der Waals surface area (Å²) in [5, 5.41) is 7.50. The average molecular weight is 581 g/mol. The Bertz CT molecular complexity index is 1650. The van der Waals surface area contributed by atoms with Crippen LogP contribution in [0, 0.1) is 5.82 Å². The number of benzene rings is 2. The van der Waals surface area contributed by atoms with E-state index in [4.69, 9.17) is 9.97 Å². The number of anilines is 3. The lowest BCUT2D eigenvalue weighted by Crippen LogP contribution is -2.23. The van der Waals surface area contributed by atoms with E-state index in [1.54, 1.807) is 31.3 Å². The van der Waals surface area contributed by atoms with Crippen LogP contribution in [-0.4, -0.2) is 35.7 Å². The largest absolute Gasteiger partial charge is 0.324 e. The van der Waals surface area contributed by atoms with E-state index in [9.17, 15) is 8.42 Å². The predicted molar refractivity (Wildman–Crippen MR) is 160 cm³/mol. The lowest BCUT2D eigenvalue weighted by atomic mass is 9.98. The molecule has 0 saturated carbocycles. The highest BCUT2D eigenvalue weighted by Gasteiger charge is 2.26. The van der Waals surface area contributed by atoms with Crippen LogP contribution in [0.2, 0.25) is 0 Å². The summed E-state index contributed by atoms with van der Waals surface area (Å²) in [6, 6.07) is 12.7. The maximum Gasteiger partial charge on any atom is 0.232 e. The van der Waals surface area contributed by atoms with Crippen LogP contribution >= 0.6 is 11.3 Å². The fraction of sp³-hybridized carbons (Fsp3) is 0.345. The Morgan fingerprint density at radius 2 is 1.93 bits per heavy atom. The van der Waals surface area contributed by atoms with Crippen LogP contribution < -0.4 is 15.4 Å². The van der Waals surface area contributed by atoms with E-state index in [2.05, 4.69) is 32.5 Å². The van der Waals surface area contributed by atoms with Gasteiger partial charge in [-0.2, -0.15) is 0 Å². The monoisotopic (exact) mass is 580 g/mol. The highest BCUT2D eigenvalue weighted by atomic mass is 32.2. The van der Waals surface area contributed by atoms with Gasteiger partial charge in [-0.3, -0.25) is 4.72 Å². The summed E-state index contributed by atoms with van der Waals surface area (Å²) >= 11 is 1.44. The molecule has 11 heteroatoms. The number of fused-ring (bicyclic) bond motifs is 1. The van der Waals surface area contributed by atoms with E-state index in [1.807, 2.05) is 26.8 Å². The molecule has 40 heavy (non-hydrogen) atoms. The Hall–Kier alpha value is -3.41. The molecule has 1 aliphatic rings. The van der Waals surface area contributed by atoms with E-state index in [1.165, 1.54) is 28.5 Å². The Morgan fingerprint density at radius 3 is 2.70 bits per heavy atom. The molecule has 8 nitrogen and oxygen atoms in total. The molecular formula is C29H33FN6O2S2. The van der Waals surface area contributed by atoms with E-state index in [-0.39, 0.29) is 22.4 Å². The maximum atomic E-state index is 15.8. The molecule has 1 aliphatic heterocycles. The number of hydrogen-bond donors (Lipinski definition) is 3. The zero-order valence-electron chi connectivity index (χ0n) is 23.0. The van der Waals surface area contributed by atoms with Crippen molar-refractivity contribution in [1.29, 1.82) is 0 Å². The smallest absolute Gasteiger partial charge is 0.232 e. The summed E-state index contributed by atoms with van der Waals surface area (Å²) in [5.41, 5.74) is 4.30. The quantitative estimate of drug-likeness (QED) is 0.226. The normalized spacial score (nSPS) is 13.6. The zero-order valence-corrected chi connectivity index (χ0v) is 24.6. The molecule has 0 unspecified atom stereocenters. The van der Waals surface area contributed by atoms with Crippen LogP contribution in [0.3, 0.4) is 0 Å². The molecule has 210 valence electrons. The summed E-state index contributed by atoms with van der Waals surface area (Å²) in [4.78, 5) is 14.7. The van der Waals surface area contributed by atoms with Gasteiger partial charge in [0.1, 0.15) is 0 Å². The number of nitrogens with zero attached hydrogens (tertiary/aromatic N) is 3. The minimum Gasteiger partial charge on any atom is -0.324 e. The standard InChI is InChI=1S/C29H33FN6O2S2/c1-5-15-40(37,38)36-22-8-6-7-21(24(22)30)25-26(39-27(35-25)29(2,3)4)23-12-14-32-28(34-23)33-20-10-9-19-17-31-13-11-18(19)16-20/h6-10,12,14,16,31,36H,5,11,13,15,17H2,1-4H3,(H,32,33,34). The zero-order chi connectivity index (χ0) is 28.5. The number of halogens is 1. The number of aromatic nitrogens is 3. The van der Waals surface area contributed by atoms with E-state index >= 15 is 4.39 Å². The Balaban J connectivity index is 1.54. The van der Waals surface area contributed by atoms with Crippen molar-refractivity contribution < 1.29 is 12.8 Å². The van der Waals surface area contributed by atoms with Gasteiger partial charge in [-0.25, -0.2) is 27.8 Å². The molecule has 2 aromatic heterocycles. The molecule has 0 bridgehead atoms. The first-order chi connectivity index (χ1) is 19.0. The number of rotatable bonds is 8. The van der Waals surface area contributed by atoms with Crippen LogP contribution in [0.4, 0.5) is 21.7 Å². The topological polar surface area (TPSA) is 109 Å². The summed E-state index contributed by atoms with van der Waals surface area (Å²) < 4.78 is 43.0. The number of nitrogens with one attached hydrogen (secondary N) is 3. The van der Waals surface area contributed by atoms with Crippen LogP contribution in [0.15, 0.2) is 48.7 Å². The van der Waals surface area contributed by atoms with Gasteiger partial charge in [-0.1, -0.05) is 39.8 Å². The predicted octanol–water partition coefficient (Wildman–Crippen LogP) is 6.24. The van der Waals surface area contributed by atoms with Crippen LogP contribution in [0.25, 0.3) is 21.8 Å². The molecule has 2 aromatic carbocycles. The molecule has 0 amide bonds. The molecule has 3 N–H and O–H groups in total. The molecule has 0 atom stereocenters. The molecule has 0 spiro atoms. The number of thiazole rings is 1. The van der Waals surface area contributed by atoms with Crippen molar-refractivity contribution in [2.45, 2.75) is 52.5 Å². The molecular weight excluding hydrogens is 547 g/mol. The summed E-state index contributed by atoms with van der Waals surface area (Å²) in [7, 11) is -3.67. The fourth-order valence-corrected chi connectivity index (χ4v) is 6.75. The van der Waals surface area contributed by atoms with E-state index in [0.29, 0.717) is 28.6 Å². The first-order valence-corrected chi connectivity index (χ1v) is 15.7. The van der Waals surface area contributed by atoms with E-state index < -0.39 is 15.8 Å². The molecule has 3 heterocycles. The first-order valence-electron chi connectivity index (χ1n) is 13.3.